The van der Waals surface area contributed by atoms with Gasteiger partial charge in [0.1, 0.15) is 17.4 Å². The summed E-state index contributed by atoms with van der Waals surface area (Å²) in [6, 6.07) is 11.9. The fourth-order valence-corrected chi connectivity index (χ4v) is 1.43. The second-order valence-electron chi connectivity index (χ2n) is 3.28. The Morgan fingerprint density at radius 3 is 2.73 bits per heavy atom. The molecule has 1 heterocycles. The van der Waals surface area contributed by atoms with Gasteiger partial charge in [0.25, 0.3) is 0 Å². The molecule has 3 nitrogen and oxygen atoms in total. The van der Waals surface area contributed by atoms with Crippen LogP contribution >= 0.6 is 0 Å². The smallest absolute Gasteiger partial charge is 0.181 e. The van der Waals surface area contributed by atoms with Crippen molar-refractivity contribution in [2.24, 2.45) is 0 Å². The first kappa shape index (κ1) is 9.47. The standard InChI is InChI=1S/C12H10N2O/c1-9(7-13)12-11(14-8-15-12)10-5-3-2-4-6-10/h2-6,8-9H,1H3. The van der Waals surface area contributed by atoms with Crippen molar-refractivity contribution < 1.29 is 4.42 Å². The fourth-order valence-electron chi connectivity index (χ4n) is 1.43. The molecule has 1 atom stereocenters. The second-order valence-corrected chi connectivity index (χ2v) is 3.28. The summed E-state index contributed by atoms with van der Waals surface area (Å²) in [5.74, 6) is 0.353. The molecule has 2 rings (SSSR count). The molecule has 0 saturated carbocycles. The van der Waals surface area contributed by atoms with Crippen LogP contribution in [0.2, 0.25) is 0 Å². The predicted octanol–water partition coefficient (Wildman–Crippen LogP) is 2.97. The Hall–Kier alpha value is -2.08. The average Bonchev–Trinajstić information content (AvgIpc) is 2.78. The minimum Gasteiger partial charge on any atom is -0.446 e. The number of hydrogen-bond acceptors (Lipinski definition) is 3. The molecule has 0 saturated heterocycles. The van der Waals surface area contributed by atoms with E-state index in [1.165, 1.54) is 6.39 Å². The zero-order chi connectivity index (χ0) is 10.7. The van der Waals surface area contributed by atoms with Gasteiger partial charge in [-0.3, -0.25) is 0 Å². The minimum atomic E-state index is -0.275. The third kappa shape index (κ3) is 1.75. The van der Waals surface area contributed by atoms with E-state index >= 15 is 0 Å². The molecule has 15 heavy (non-hydrogen) atoms. The highest BCUT2D eigenvalue weighted by Crippen LogP contribution is 2.27. The summed E-state index contributed by atoms with van der Waals surface area (Å²) in [7, 11) is 0. The van der Waals surface area contributed by atoms with Crippen LogP contribution in [-0.4, -0.2) is 4.98 Å². The Kier molecular flexibility index (Phi) is 2.51. The molecule has 0 aliphatic heterocycles. The van der Waals surface area contributed by atoms with Gasteiger partial charge in [0.2, 0.25) is 0 Å². The molecule has 2 aromatic rings. The van der Waals surface area contributed by atoms with Crippen molar-refractivity contribution >= 4 is 0 Å². The summed E-state index contributed by atoms with van der Waals surface area (Å²) in [6.07, 6.45) is 1.38. The molecule has 1 unspecified atom stereocenters. The maximum absolute atomic E-state index is 8.84. The number of hydrogen-bond donors (Lipinski definition) is 0. The Labute approximate surface area is 88.0 Å². The van der Waals surface area contributed by atoms with Crippen LogP contribution in [-0.2, 0) is 0 Å². The van der Waals surface area contributed by atoms with Crippen LogP contribution in [0.15, 0.2) is 41.1 Å². The van der Waals surface area contributed by atoms with Crippen LogP contribution in [0.1, 0.15) is 18.6 Å². The van der Waals surface area contributed by atoms with Crippen molar-refractivity contribution in [1.82, 2.24) is 4.98 Å². The average molecular weight is 198 g/mol. The van der Waals surface area contributed by atoms with Crippen molar-refractivity contribution in [3.8, 4) is 17.3 Å². The highest BCUT2D eigenvalue weighted by Gasteiger charge is 2.16. The zero-order valence-electron chi connectivity index (χ0n) is 8.34. The van der Waals surface area contributed by atoms with Crippen LogP contribution < -0.4 is 0 Å². The Morgan fingerprint density at radius 1 is 1.33 bits per heavy atom. The van der Waals surface area contributed by atoms with E-state index in [1.807, 2.05) is 30.3 Å². The maximum atomic E-state index is 8.84. The van der Waals surface area contributed by atoms with Crippen LogP contribution in [0.25, 0.3) is 11.3 Å². The number of nitrogens with zero attached hydrogens (tertiary/aromatic N) is 2. The van der Waals surface area contributed by atoms with Crippen LogP contribution in [0.4, 0.5) is 0 Å². The molecule has 0 amide bonds. The van der Waals surface area contributed by atoms with Crippen molar-refractivity contribution in [2.45, 2.75) is 12.8 Å². The summed E-state index contributed by atoms with van der Waals surface area (Å²) >= 11 is 0. The van der Waals surface area contributed by atoms with Gasteiger partial charge >= 0.3 is 0 Å². The van der Waals surface area contributed by atoms with Crippen molar-refractivity contribution in [3.63, 3.8) is 0 Å². The summed E-state index contributed by atoms with van der Waals surface area (Å²) < 4.78 is 5.24. The summed E-state index contributed by atoms with van der Waals surface area (Å²) in [5, 5.41) is 8.84. The number of rotatable bonds is 2. The molecule has 1 aromatic carbocycles. The number of oxazole rings is 1. The van der Waals surface area contributed by atoms with Gasteiger partial charge in [0.05, 0.1) is 6.07 Å². The number of aromatic nitrogens is 1. The van der Waals surface area contributed by atoms with E-state index in [1.54, 1.807) is 6.92 Å². The topological polar surface area (TPSA) is 49.8 Å². The highest BCUT2D eigenvalue weighted by atomic mass is 16.3. The third-order valence-corrected chi connectivity index (χ3v) is 2.23. The first-order valence-corrected chi connectivity index (χ1v) is 4.71. The monoisotopic (exact) mass is 198 g/mol. The lowest BCUT2D eigenvalue weighted by molar-refractivity contribution is 0.497. The fraction of sp³-hybridized carbons (Fsp3) is 0.167. The normalized spacial score (nSPS) is 12.0. The summed E-state index contributed by atoms with van der Waals surface area (Å²) in [5.41, 5.74) is 1.73. The number of benzene rings is 1. The summed E-state index contributed by atoms with van der Waals surface area (Å²) in [6.45, 7) is 1.80. The maximum Gasteiger partial charge on any atom is 0.181 e. The first-order valence-electron chi connectivity index (χ1n) is 4.71. The van der Waals surface area contributed by atoms with Gasteiger partial charge in [-0.2, -0.15) is 5.26 Å². The quantitative estimate of drug-likeness (QED) is 0.745. The Balaban J connectivity index is 2.47. The van der Waals surface area contributed by atoms with Gasteiger partial charge in [0.15, 0.2) is 6.39 Å². The third-order valence-electron chi connectivity index (χ3n) is 2.23. The van der Waals surface area contributed by atoms with Crippen molar-refractivity contribution in [2.75, 3.05) is 0 Å². The Bertz CT molecular complexity index is 482. The molecular formula is C12H10N2O. The van der Waals surface area contributed by atoms with Gasteiger partial charge in [0, 0.05) is 5.56 Å². The van der Waals surface area contributed by atoms with E-state index in [0.29, 0.717) is 5.76 Å². The van der Waals surface area contributed by atoms with Gasteiger partial charge in [-0.05, 0) is 6.92 Å². The lowest BCUT2D eigenvalue weighted by atomic mass is 10.0. The SMILES string of the molecule is CC(C#N)c1ocnc1-c1ccccc1. The first-order chi connectivity index (χ1) is 7.33. The molecule has 0 aliphatic rings. The van der Waals surface area contributed by atoms with Gasteiger partial charge < -0.3 is 4.42 Å². The van der Waals surface area contributed by atoms with E-state index in [0.717, 1.165) is 11.3 Å². The van der Waals surface area contributed by atoms with Gasteiger partial charge in [-0.25, -0.2) is 4.98 Å². The molecule has 0 spiro atoms. The van der Waals surface area contributed by atoms with Crippen molar-refractivity contribution in [1.29, 1.82) is 5.26 Å². The lowest BCUT2D eigenvalue weighted by Crippen LogP contribution is -1.90. The molecular weight excluding hydrogens is 188 g/mol. The molecule has 1 aromatic heterocycles. The van der Waals surface area contributed by atoms with E-state index in [-0.39, 0.29) is 5.92 Å². The van der Waals surface area contributed by atoms with Gasteiger partial charge in [-0.15, -0.1) is 0 Å². The molecule has 3 heteroatoms. The highest BCUT2D eigenvalue weighted by molar-refractivity contribution is 5.61. The van der Waals surface area contributed by atoms with Crippen molar-refractivity contribution in [3.05, 3.63) is 42.5 Å². The van der Waals surface area contributed by atoms with Crippen LogP contribution in [0.5, 0.6) is 0 Å². The number of nitriles is 1. The Morgan fingerprint density at radius 2 is 2.07 bits per heavy atom. The zero-order valence-corrected chi connectivity index (χ0v) is 8.34. The minimum absolute atomic E-state index is 0.275. The largest absolute Gasteiger partial charge is 0.446 e. The van der Waals surface area contributed by atoms with E-state index in [4.69, 9.17) is 9.68 Å². The molecule has 0 N–H and O–H groups in total. The molecule has 0 bridgehead atoms. The van der Waals surface area contributed by atoms with E-state index < -0.39 is 0 Å². The van der Waals surface area contributed by atoms with E-state index in [2.05, 4.69) is 11.1 Å². The van der Waals surface area contributed by atoms with E-state index in [9.17, 15) is 0 Å². The molecule has 0 aliphatic carbocycles. The van der Waals surface area contributed by atoms with Crippen LogP contribution in [0, 0.1) is 11.3 Å². The molecule has 74 valence electrons. The predicted molar refractivity (Wildman–Crippen MR) is 56.0 cm³/mol. The van der Waals surface area contributed by atoms with Crippen LogP contribution in [0.3, 0.4) is 0 Å². The van der Waals surface area contributed by atoms with Gasteiger partial charge in [-0.1, -0.05) is 30.3 Å². The molecule has 0 radical (unpaired) electrons. The summed E-state index contributed by atoms with van der Waals surface area (Å²) in [4.78, 5) is 4.14. The lowest BCUT2D eigenvalue weighted by Gasteiger charge is -2.01. The second kappa shape index (κ2) is 3.97. The molecule has 0 fully saturated rings.